The number of esters is 1. The second-order valence-corrected chi connectivity index (χ2v) is 2.99. The molecule has 2 N–H and O–H groups in total. The number of nitrogens with two attached hydrogens (primary N) is 1. The van der Waals surface area contributed by atoms with Gasteiger partial charge in [0, 0.05) is 5.56 Å². The van der Waals surface area contributed by atoms with Gasteiger partial charge in [0.15, 0.2) is 11.5 Å². The molecule has 0 aliphatic carbocycles. The second kappa shape index (κ2) is 4.01. The van der Waals surface area contributed by atoms with Crippen LogP contribution in [0.1, 0.15) is 10.5 Å². The average molecular weight is 219 g/mol. The minimum Gasteiger partial charge on any atom is -0.472 e. The molecule has 6 nitrogen and oxygen atoms in total. The number of nitrogens with zero attached hydrogens (tertiary/aromatic N) is 2. The summed E-state index contributed by atoms with van der Waals surface area (Å²) in [4.78, 5) is 19.3. The van der Waals surface area contributed by atoms with Crippen LogP contribution in [0.3, 0.4) is 0 Å². The molecule has 82 valence electrons. The lowest BCUT2D eigenvalue weighted by Crippen LogP contribution is -2.10. The molecule has 2 heterocycles. The standard InChI is InChI=1S/C10H9N3O3/c1-15-10(14)8-9(11)12-4-7(13-8)6-2-3-16-5-6/h2-5H,1H3,(H2,11,12). The highest BCUT2D eigenvalue weighted by Gasteiger charge is 2.15. The van der Waals surface area contributed by atoms with E-state index in [1.165, 1.54) is 25.8 Å². The molecule has 0 saturated heterocycles. The van der Waals surface area contributed by atoms with Crippen LogP contribution in [0.2, 0.25) is 0 Å². The number of carbonyl (C=O) groups excluding carboxylic acids is 1. The van der Waals surface area contributed by atoms with E-state index in [0.29, 0.717) is 5.69 Å². The van der Waals surface area contributed by atoms with E-state index in [0.717, 1.165) is 5.56 Å². The van der Waals surface area contributed by atoms with Crippen LogP contribution in [-0.4, -0.2) is 23.0 Å². The second-order valence-electron chi connectivity index (χ2n) is 2.99. The molecule has 0 radical (unpaired) electrons. The molecule has 2 aromatic heterocycles. The summed E-state index contributed by atoms with van der Waals surface area (Å²) in [5.41, 5.74) is 6.75. The van der Waals surface area contributed by atoms with Gasteiger partial charge in [-0.3, -0.25) is 0 Å². The molecular weight excluding hydrogens is 210 g/mol. The molecular formula is C10H9N3O3. The summed E-state index contributed by atoms with van der Waals surface area (Å²) in [5, 5.41) is 0. The Morgan fingerprint density at radius 3 is 3.00 bits per heavy atom. The molecule has 2 rings (SSSR count). The third-order valence-electron chi connectivity index (χ3n) is 2.00. The molecule has 0 unspecified atom stereocenters. The van der Waals surface area contributed by atoms with Gasteiger partial charge in [0.05, 0.1) is 31.5 Å². The molecule has 0 amide bonds. The number of rotatable bonds is 2. The van der Waals surface area contributed by atoms with E-state index in [-0.39, 0.29) is 11.5 Å². The Morgan fingerprint density at radius 1 is 1.56 bits per heavy atom. The molecule has 2 aromatic rings. The fraction of sp³-hybridized carbons (Fsp3) is 0.100. The third kappa shape index (κ3) is 1.72. The summed E-state index contributed by atoms with van der Waals surface area (Å²) in [5.74, 6) is -0.575. The lowest BCUT2D eigenvalue weighted by molar-refractivity contribution is 0.0595. The zero-order valence-electron chi connectivity index (χ0n) is 8.51. The number of nitrogen functional groups attached to an aromatic ring is 1. The van der Waals surface area contributed by atoms with Gasteiger partial charge in [-0.1, -0.05) is 0 Å². The molecule has 0 fully saturated rings. The monoisotopic (exact) mass is 219 g/mol. The van der Waals surface area contributed by atoms with E-state index >= 15 is 0 Å². The number of methoxy groups -OCH3 is 1. The number of furan rings is 1. The highest BCUT2D eigenvalue weighted by Crippen LogP contribution is 2.18. The molecule has 0 spiro atoms. The number of ether oxygens (including phenoxy) is 1. The summed E-state index contributed by atoms with van der Waals surface area (Å²) in [6, 6.07) is 1.71. The van der Waals surface area contributed by atoms with E-state index in [9.17, 15) is 4.79 Å². The molecule has 0 bridgehead atoms. The van der Waals surface area contributed by atoms with E-state index < -0.39 is 5.97 Å². The van der Waals surface area contributed by atoms with Crippen molar-refractivity contribution in [2.75, 3.05) is 12.8 Å². The van der Waals surface area contributed by atoms with Crippen molar-refractivity contribution >= 4 is 11.8 Å². The maximum atomic E-state index is 11.3. The summed E-state index contributed by atoms with van der Waals surface area (Å²) >= 11 is 0. The first-order chi connectivity index (χ1) is 7.72. The predicted molar refractivity (Wildman–Crippen MR) is 55.5 cm³/mol. The normalized spacial score (nSPS) is 10.1. The number of carbonyl (C=O) groups is 1. The first kappa shape index (κ1) is 10.2. The van der Waals surface area contributed by atoms with Gasteiger partial charge in [0.2, 0.25) is 0 Å². The molecule has 0 aliphatic rings. The Balaban J connectivity index is 2.47. The molecule has 0 atom stereocenters. The van der Waals surface area contributed by atoms with Gasteiger partial charge >= 0.3 is 5.97 Å². The Hall–Kier alpha value is -2.37. The van der Waals surface area contributed by atoms with Crippen molar-refractivity contribution in [1.82, 2.24) is 9.97 Å². The number of hydrogen-bond donors (Lipinski definition) is 1. The van der Waals surface area contributed by atoms with Crippen molar-refractivity contribution in [3.8, 4) is 11.3 Å². The van der Waals surface area contributed by atoms with Gasteiger partial charge in [0.25, 0.3) is 0 Å². The van der Waals surface area contributed by atoms with Crippen LogP contribution in [0, 0.1) is 0 Å². The van der Waals surface area contributed by atoms with Gasteiger partial charge in [0.1, 0.15) is 0 Å². The van der Waals surface area contributed by atoms with Crippen LogP contribution in [0.25, 0.3) is 11.3 Å². The van der Waals surface area contributed by atoms with Crippen LogP contribution in [0.4, 0.5) is 5.82 Å². The lowest BCUT2D eigenvalue weighted by Gasteiger charge is -2.03. The Labute approximate surface area is 91.1 Å². The minimum absolute atomic E-state index is 0.00111. The maximum absolute atomic E-state index is 11.3. The Bertz CT molecular complexity index is 508. The summed E-state index contributed by atoms with van der Waals surface area (Å²) in [7, 11) is 1.26. The molecule has 6 heteroatoms. The van der Waals surface area contributed by atoms with Crippen LogP contribution in [0.5, 0.6) is 0 Å². The topological polar surface area (TPSA) is 91.2 Å². The Kier molecular flexibility index (Phi) is 2.55. The maximum Gasteiger partial charge on any atom is 0.360 e. The zero-order valence-corrected chi connectivity index (χ0v) is 8.51. The van der Waals surface area contributed by atoms with E-state index in [4.69, 9.17) is 10.2 Å². The van der Waals surface area contributed by atoms with Crippen molar-refractivity contribution < 1.29 is 13.9 Å². The fourth-order valence-electron chi connectivity index (χ4n) is 1.19. The van der Waals surface area contributed by atoms with Gasteiger partial charge in [-0.15, -0.1) is 0 Å². The van der Waals surface area contributed by atoms with E-state index in [1.807, 2.05) is 0 Å². The first-order valence-electron chi connectivity index (χ1n) is 4.45. The molecule has 0 saturated carbocycles. The third-order valence-corrected chi connectivity index (χ3v) is 2.00. The first-order valence-corrected chi connectivity index (χ1v) is 4.45. The summed E-state index contributed by atoms with van der Waals surface area (Å²) < 4.78 is 9.46. The van der Waals surface area contributed by atoms with Crippen LogP contribution in [0.15, 0.2) is 29.2 Å². The SMILES string of the molecule is COC(=O)c1nc(-c2ccoc2)cnc1N. The van der Waals surface area contributed by atoms with Gasteiger partial charge in [-0.25, -0.2) is 14.8 Å². The lowest BCUT2D eigenvalue weighted by atomic mass is 10.2. The van der Waals surface area contributed by atoms with Gasteiger partial charge in [-0.05, 0) is 6.07 Å². The van der Waals surface area contributed by atoms with Gasteiger partial charge < -0.3 is 14.9 Å². The van der Waals surface area contributed by atoms with Crippen molar-refractivity contribution in [2.45, 2.75) is 0 Å². The summed E-state index contributed by atoms with van der Waals surface area (Å²) in [6.45, 7) is 0. The van der Waals surface area contributed by atoms with Crippen LogP contribution < -0.4 is 5.73 Å². The summed E-state index contributed by atoms with van der Waals surface area (Å²) in [6.07, 6.45) is 4.47. The zero-order chi connectivity index (χ0) is 11.5. The van der Waals surface area contributed by atoms with Crippen LogP contribution in [-0.2, 0) is 4.74 Å². The van der Waals surface area contributed by atoms with Crippen molar-refractivity contribution in [2.24, 2.45) is 0 Å². The quantitative estimate of drug-likeness (QED) is 0.760. The Morgan fingerprint density at radius 2 is 2.38 bits per heavy atom. The molecule has 0 aromatic carbocycles. The number of aromatic nitrogens is 2. The highest BCUT2D eigenvalue weighted by molar-refractivity contribution is 5.92. The minimum atomic E-state index is -0.615. The van der Waals surface area contributed by atoms with E-state index in [1.54, 1.807) is 6.07 Å². The van der Waals surface area contributed by atoms with Crippen molar-refractivity contribution in [1.29, 1.82) is 0 Å². The fourth-order valence-corrected chi connectivity index (χ4v) is 1.19. The van der Waals surface area contributed by atoms with Gasteiger partial charge in [-0.2, -0.15) is 0 Å². The molecule has 16 heavy (non-hydrogen) atoms. The number of anilines is 1. The largest absolute Gasteiger partial charge is 0.472 e. The van der Waals surface area contributed by atoms with Crippen molar-refractivity contribution in [3.05, 3.63) is 30.5 Å². The smallest absolute Gasteiger partial charge is 0.360 e. The number of hydrogen-bond acceptors (Lipinski definition) is 6. The highest BCUT2D eigenvalue weighted by atomic mass is 16.5. The molecule has 0 aliphatic heterocycles. The van der Waals surface area contributed by atoms with Crippen LogP contribution >= 0.6 is 0 Å². The predicted octanol–water partition coefficient (Wildman–Crippen LogP) is 1.11. The van der Waals surface area contributed by atoms with Crippen molar-refractivity contribution in [3.63, 3.8) is 0 Å². The van der Waals surface area contributed by atoms with E-state index in [2.05, 4.69) is 14.7 Å². The average Bonchev–Trinajstić information content (AvgIpc) is 2.82.